The lowest BCUT2D eigenvalue weighted by atomic mass is 9.61. The van der Waals surface area contributed by atoms with Gasteiger partial charge in [-0.05, 0) is 64.9 Å². The zero-order valence-corrected chi connectivity index (χ0v) is 16.7. The van der Waals surface area contributed by atoms with Crippen LogP contribution in [0.15, 0.2) is 48.1 Å². The number of fused-ring (bicyclic) bond motifs is 5. The van der Waals surface area contributed by atoms with E-state index in [1.165, 1.54) is 12.0 Å². The van der Waals surface area contributed by atoms with Crippen LogP contribution in [0.25, 0.3) is 5.57 Å². The average molecular weight is 339 g/mol. The lowest BCUT2D eigenvalue weighted by molar-refractivity contribution is 0.270. The molecule has 1 aromatic carbocycles. The fraction of sp³-hybridized carbons (Fsp3) is 0.545. The van der Waals surface area contributed by atoms with E-state index in [0.29, 0.717) is 0 Å². The molecule has 1 saturated carbocycles. The maximum absolute atomic E-state index is 6.62. The Morgan fingerprint density at radius 3 is 2.25 bits per heavy atom. The molecule has 2 bridgehead atoms. The Labute approximate surface area is 147 Å². The van der Waals surface area contributed by atoms with Gasteiger partial charge in [0.25, 0.3) is 0 Å². The molecular weight excluding hydrogens is 308 g/mol. The molecule has 3 aliphatic carbocycles. The summed E-state index contributed by atoms with van der Waals surface area (Å²) in [6, 6.07) is 11.0. The van der Waals surface area contributed by atoms with Gasteiger partial charge in [-0.1, -0.05) is 63.3 Å². The van der Waals surface area contributed by atoms with Crippen molar-refractivity contribution in [2.75, 3.05) is 6.61 Å². The Morgan fingerprint density at radius 2 is 1.62 bits per heavy atom. The zero-order valence-electron chi connectivity index (χ0n) is 15.7. The molecule has 1 fully saturated rings. The molecule has 1 nitrogen and oxygen atoms in total. The average Bonchev–Trinajstić information content (AvgIpc) is 3.05. The highest BCUT2D eigenvalue weighted by atomic mass is 28.4. The standard InChI is InChI=1S/C22H30OSi/c1-22(2,3)24(4,5)23-14-18-19(15-9-7-6-8-10-15)21-17-12-11-16(13-17)20(18)21/h6-12,16-17,20-21H,13-14H2,1-5H3/t16-,17+,20-,21+/m0/s1. The highest BCUT2D eigenvalue weighted by molar-refractivity contribution is 6.74. The summed E-state index contributed by atoms with van der Waals surface area (Å²) in [4.78, 5) is 0. The number of rotatable bonds is 4. The highest BCUT2D eigenvalue weighted by Gasteiger charge is 2.55. The predicted octanol–water partition coefficient (Wildman–Crippen LogP) is 5.91. The largest absolute Gasteiger partial charge is 0.413 e. The van der Waals surface area contributed by atoms with Gasteiger partial charge in [-0.25, -0.2) is 0 Å². The summed E-state index contributed by atoms with van der Waals surface area (Å²) in [5, 5.41) is 0.276. The second-order valence-electron chi connectivity index (χ2n) is 9.35. The van der Waals surface area contributed by atoms with Crippen molar-refractivity contribution in [1.82, 2.24) is 0 Å². The summed E-state index contributed by atoms with van der Waals surface area (Å²) in [6.07, 6.45) is 6.30. The van der Waals surface area contributed by atoms with Crippen molar-refractivity contribution in [2.24, 2.45) is 23.7 Å². The third-order valence-corrected chi connectivity index (χ3v) is 11.5. The van der Waals surface area contributed by atoms with Crippen LogP contribution in [0.1, 0.15) is 32.8 Å². The van der Waals surface area contributed by atoms with Gasteiger partial charge in [-0.2, -0.15) is 0 Å². The van der Waals surface area contributed by atoms with Crippen molar-refractivity contribution in [3.63, 3.8) is 0 Å². The predicted molar refractivity (Wildman–Crippen MR) is 104 cm³/mol. The molecule has 0 saturated heterocycles. The van der Waals surface area contributed by atoms with Gasteiger partial charge in [0, 0.05) is 0 Å². The first-order chi connectivity index (χ1) is 11.3. The van der Waals surface area contributed by atoms with Crippen LogP contribution in [0.4, 0.5) is 0 Å². The van der Waals surface area contributed by atoms with Gasteiger partial charge < -0.3 is 4.43 Å². The minimum absolute atomic E-state index is 0.276. The Morgan fingerprint density at radius 1 is 1.00 bits per heavy atom. The molecule has 3 aliphatic rings. The molecule has 128 valence electrons. The maximum atomic E-state index is 6.62. The number of allylic oxidation sites excluding steroid dienone is 3. The summed E-state index contributed by atoms with van der Waals surface area (Å²) in [5.74, 6) is 3.04. The molecular formula is C22H30OSi. The molecule has 4 rings (SSSR count). The van der Waals surface area contributed by atoms with Crippen molar-refractivity contribution in [3.05, 3.63) is 53.6 Å². The van der Waals surface area contributed by atoms with E-state index in [9.17, 15) is 0 Å². The summed E-state index contributed by atoms with van der Waals surface area (Å²) in [5.41, 5.74) is 4.64. The Balaban J connectivity index is 1.64. The topological polar surface area (TPSA) is 9.23 Å². The Kier molecular flexibility index (Phi) is 3.70. The van der Waals surface area contributed by atoms with Gasteiger partial charge in [0.05, 0.1) is 6.61 Å². The lowest BCUT2D eigenvalue weighted by Crippen LogP contribution is -2.43. The SMILES string of the molecule is CC(C)(C)[Si](C)(C)OCC1=C(c2ccccc2)[C@@H]2[C@H]1[C@H]1C=C[C@@H]2C1. The Hall–Kier alpha value is -1.12. The maximum Gasteiger partial charge on any atom is 0.192 e. The van der Waals surface area contributed by atoms with E-state index in [2.05, 4.69) is 76.3 Å². The number of hydrogen-bond acceptors (Lipinski definition) is 1. The minimum atomic E-state index is -1.70. The van der Waals surface area contributed by atoms with Gasteiger partial charge in [0.15, 0.2) is 8.32 Å². The van der Waals surface area contributed by atoms with Gasteiger partial charge >= 0.3 is 0 Å². The van der Waals surface area contributed by atoms with Crippen molar-refractivity contribution in [2.45, 2.75) is 45.3 Å². The number of benzene rings is 1. The van der Waals surface area contributed by atoms with E-state index < -0.39 is 8.32 Å². The van der Waals surface area contributed by atoms with E-state index >= 15 is 0 Å². The smallest absolute Gasteiger partial charge is 0.192 e. The first-order valence-electron chi connectivity index (χ1n) is 9.40. The van der Waals surface area contributed by atoms with Crippen LogP contribution in [-0.4, -0.2) is 14.9 Å². The summed E-state index contributed by atoms with van der Waals surface area (Å²) >= 11 is 0. The fourth-order valence-electron chi connectivity index (χ4n) is 4.63. The molecule has 1 aromatic rings. The van der Waals surface area contributed by atoms with Gasteiger partial charge in [0.1, 0.15) is 0 Å². The van der Waals surface area contributed by atoms with E-state index in [0.717, 1.165) is 30.3 Å². The molecule has 0 unspecified atom stereocenters. The van der Waals surface area contributed by atoms with Crippen LogP contribution in [0.3, 0.4) is 0 Å². The van der Waals surface area contributed by atoms with E-state index in [-0.39, 0.29) is 5.04 Å². The second-order valence-corrected chi connectivity index (χ2v) is 14.2. The van der Waals surface area contributed by atoms with Crippen molar-refractivity contribution in [3.8, 4) is 0 Å². The molecule has 0 spiro atoms. The third kappa shape index (κ3) is 2.38. The van der Waals surface area contributed by atoms with Crippen LogP contribution in [-0.2, 0) is 4.43 Å². The molecule has 0 heterocycles. The second kappa shape index (κ2) is 5.44. The quantitative estimate of drug-likeness (QED) is 0.489. The Bertz CT molecular complexity index is 692. The molecule has 2 heteroatoms. The van der Waals surface area contributed by atoms with E-state index in [1.807, 2.05) is 0 Å². The van der Waals surface area contributed by atoms with Crippen molar-refractivity contribution in [1.29, 1.82) is 0 Å². The lowest BCUT2D eigenvalue weighted by Gasteiger charge is -2.45. The first kappa shape index (κ1) is 16.4. The molecule has 0 aromatic heterocycles. The first-order valence-corrected chi connectivity index (χ1v) is 12.3. The van der Waals surface area contributed by atoms with Crippen LogP contribution in [0, 0.1) is 23.7 Å². The van der Waals surface area contributed by atoms with Crippen molar-refractivity contribution >= 4 is 13.9 Å². The monoisotopic (exact) mass is 338 g/mol. The summed E-state index contributed by atoms with van der Waals surface area (Å²) in [7, 11) is -1.70. The molecule has 24 heavy (non-hydrogen) atoms. The molecule has 0 aliphatic heterocycles. The van der Waals surface area contributed by atoms with Gasteiger partial charge in [0.2, 0.25) is 0 Å². The zero-order chi connectivity index (χ0) is 17.1. The van der Waals surface area contributed by atoms with E-state index in [1.54, 1.807) is 11.1 Å². The third-order valence-electron chi connectivity index (χ3n) is 7.02. The molecule has 0 amide bonds. The fourth-order valence-corrected chi connectivity index (χ4v) is 5.58. The van der Waals surface area contributed by atoms with Gasteiger partial charge in [-0.3, -0.25) is 0 Å². The summed E-state index contributed by atoms with van der Waals surface area (Å²) < 4.78 is 6.62. The minimum Gasteiger partial charge on any atom is -0.413 e. The molecule has 4 atom stereocenters. The number of hydrogen-bond donors (Lipinski definition) is 0. The van der Waals surface area contributed by atoms with Crippen LogP contribution >= 0.6 is 0 Å². The van der Waals surface area contributed by atoms with Crippen LogP contribution in [0.2, 0.25) is 18.1 Å². The van der Waals surface area contributed by atoms with E-state index in [4.69, 9.17) is 4.43 Å². The summed E-state index contributed by atoms with van der Waals surface area (Å²) in [6.45, 7) is 12.6. The molecule has 0 radical (unpaired) electrons. The molecule has 0 N–H and O–H groups in total. The van der Waals surface area contributed by atoms with Crippen LogP contribution in [0.5, 0.6) is 0 Å². The van der Waals surface area contributed by atoms with Crippen molar-refractivity contribution < 1.29 is 4.43 Å². The normalized spacial score (nSPS) is 31.4. The highest BCUT2D eigenvalue weighted by Crippen LogP contribution is 2.63. The van der Waals surface area contributed by atoms with Crippen LogP contribution < -0.4 is 0 Å². The van der Waals surface area contributed by atoms with Gasteiger partial charge in [-0.15, -0.1) is 0 Å².